The number of anilines is 1. The lowest BCUT2D eigenvalue weighted by molar-refractivity contribution is -0.137. The Balaban J connectivity index is 1.14. The highest BCUT2D eigenvalue weighted by Gasteiger charge is 2.70. The fraction of sp³-hybridized carbons (Fsp3) is 0.487. The molecular weight excluding hydrogens is 703 g/mol. The highest BCUT2D eigenvalue weighted by molar-refractivity contribution is 6.05. The predicted molar refractivity (Wildman–Crippen MR) is 184 cm³/mol. The molecule has 9 rings (SSSR count). The van der Waals surface area contributed by atoms with Crippen molar-refractivity contribution in [3.8, 4) is 35.2 Å². The van der Waals surface area contributed by atoms with E-state index in [4.69, 9.17) is 11.2 Å². The van der Waals surface area contributed by atoms with Crippen molar-refractivity contribution in [1.29, 1.82) is 0 Å². The number of phenols is 1. The van der Waals surface area contributed by atoms with Crippen LogP contribution in [0, 0.1) is 34.8 Å². The van der Waals surface area contributed by atoms with E-state index in [1.807, 2.05) is 4.90 Å². The largest absolute Gasteiger partial charge is 0.508 e. The van der Waals surface area contributed by atoms with Gasteiger partial charge >= 0.3 is 12.2 Å². The number of piperidine rings is 1. The Morgan fingerprint density at radius 2 is 1.70 bits per heavy atom. The van der Waals surface area contributed by atoms with Gasteiger partial charge in [0.1, 0.15) is 22.9 Å². The molecule has 5 aliphatic rings. The molecule has 2 bridgehead atoms. The average molecular weight is 740 g/mol. The van der Waals surface area contributed by atoms with E-state index in [-0.39, 0.29) is 64.1 Å². The summed E-state index contributed by atoms with van der Waals surface area (Å²) < 4.78 is 111. The molecule has 53 heavy (non-hydrogen) atoms. The summed E-state index contributed by atoms with van der Waals surface area (Å²) in [6, 6.07) is 5.19. The minimum Gasteiger partial charge on any atom is -0.508 e. The van der Waals surface area contributed by atoms with Crippen LogP contribution in [0.1, 0.15) is 56.1 Å². The first-order valence-corrected chi connectivity index (χ1v) is 18.0. The van der Waals surface area contributed by atoms with Gasteiger partial charge in [-0.15, -0.1) is 6.42 Å². The van der Waals surface area contributed by atoms with E-state index in [1.54, 1.807) is 0 Å². The first-order chi connectivity index (χ1) is 25.2. The molecule has 0 amide bonds. The predicted octanol–water partition coefficient (Wildman–Crippen LogP) is 7.65. The van der Waals surface area contributed by atoms with Crippen LogP contribution in [0.3, 0.4) is 0 Å². The van der Waals surface area contributed by atoms with Crippen LogP contribution in [0.25, 0.3) is 32.8 Å². The standard InChI is InChI=1S/C39H36F7N5O2/c1-2-25-29(40)6-3-21-13-24(52)14-26(30(21)25)31-28(39(44,45)46)15-27-33(32(31)41)48-35(49-34(27)51-16-22-4-5-23(17-51)47-22)53-20-36(7-8-36)19-50-11-9-37(10-12-50)18-38(37,42)43/h1,3,6,13-15,22-23,47,52H,4-5,7-12,16-20H2. The molecule has 4 aromatic rings. The number of piperazine rings is 1. The summed E-state index contributed by atoms with van der Waals surface area (Å²) in [6.45, 7) is 2.75. The Labute approximate surface area is 300 Å². The average Bonchev–Trinajstić information content (AvgIpc) is 3.95. The van der Waals surface area contributed by atoms with Gasteiger partial charge in [-0.3, -0.25) is 0 Å². The third-order valence-electron chi connectivity index (χ3n) is 12.2. The van der Waals surface area contributed by atoms with Crippen molar-refractivity contribution in [1.82, 2.24) is 20.2 Å². The van der Waals surface area contributed by atoms with E-state index >= 15 is 17.6 Å². The lowest BCUT2D eigenvalue weighted by Gasteiger charge is -2.35. The van der Waals surface area contributed by atoms with Gasteiger partial charge in [0, 0.05) is 65.3 Å². The van der Waals surface area contributed by atoms with Crippen molar-refractivity contribution in [3.05, 3.63) is 53.1 Å². The molecular formula is C39H36F7N5O2. The second-order valence-corrected chi connectivity index (χ2v) is 15.8. The summed E-state index contributed by atoms with van der Waals surface area (Å²) in [4.78, 5) is 13.0. The molecule has 2 unspecified atom stereocenters. The molecule has 4 heterocycles. The molecule has 278 valence electrons. The molecule has 1 spiro atoms. The Morgan fingerprint density at radius 1 is 1.00 bits per heavy atom. The van der Waals surface area contributed by atoms with E-state index in [1.165, 1.54) is 12.1 Å². The number of hydrogen-bond acceptors (Lipinski definition) is 7. The van der Waals surface area contributed by atoms with Crippen LogP contribution in [0.15, 0.2) is 30.3 Å². The Morgan fingerprint density at radius 3 is 2.32 bits per heavy atom. The third kappa shape index (κ3) is 5.82. The highest BCUT2D eigenvalue weighted by atomic mass is 19.4. The fourth-order valence-corrected chi connectivity index (χ4v) is 9.00. The van der Waals surface area contributed by atoms with E-state index < -0.39 is 57.1 Å². The van der Waals surface area contributed by atoms with Crippen molar-refractivity contribution >= 4 is 27.5 Å². The quantitative estimate of drug-likeness (QED) is 0.149. The first-order valence-electron chi connectivity index (χ1n) is 18.0. The van der Waals surface area contributed by atoms with Crippen LogP contribution in [0.2, 0.25) is 0 Å². The zero-order chi connectivity index (χ0) is 37.1. The summed E-state index contributed by atoms with van der Waals surface area (Å²) in [5, 5.41) is 13.9. The van der Waals surface area contributed by atoms with Crippen LogP contribution < -0.4 is 15.0 Å². The number of halogens is 7. The van der Waals surface area contributed by atoms with E-state index in [0.717, 1.165) is 43.9 Å². The zero-order valence-electron chi connectivity index (χ0n) is 28.6. The number of fused-ring (bicyclic) bond motifs is 4. The third-order valence-corrected chi connectivity index (χ3v) is 12.2. The number of hydrogen-bond donors (Lipinski definition) is 2. The zero-order valence-corrected chi connectivity index (χ0v) is 28.6. The molecule has 7 nitrogen and oxygen atoms in total. The number of aromatic hydroxyl groups is 1. The molecule has 3 aromatic carbocycles. The van der Waals surface area contributed by atoms with E-state index in [9.17, 15) is 18.3 Å². The maximum atomic E-state index is 17.2. The number of nitrogens with zero attached hydrogens (tertiary/aromatic N) is 4. The number of terminal acetylenes is 1. The second-order valence-electron chi connectivity index (χ2n) is 15.8. The second kappa shape index (κ2) is 11.8. The van der Waals surface area contributed by atoms with Crippen LogP contribution in [0.4, 0.5) is 36.6 Å². The van der Waals surface area contributed by atoms with Gasteiger partial charge in [0.2, 0.25) is 0 Å². The van der Waals surface area contributed by atoms with E-state index in [2.05, 4.69) is 26.1 Å². The number of alkyl halides is 5. The Kier molecular flexibility index (Phi) is 7.68. The molecule has 1 aromatic heterocycles. The van der Waals surface area contributed by atoms with Crippen molar-refractivity contribution in [2.45, 2.75) is 69.1 Å². The molecule has 0 radical (unpaired) electrons. The summed E-state index contributed by atoms with van der Waals surface area (Å²) in [5.74, 6) is -3.01. The monoisotopic (exact) mass is 739 g/mol. The molecule has 2 saturated carbocycles. The Bertz CT molecular complexity index is 2200. The fourth-order valence-electron chi connectivity index (χ4n) is 9.00. The maximum absolute atomic E-state index is 17.2. The van der Waals surface area contributed by atoms with Gasteiger partial charge in [0.25, 0.3) is 5.92 Å². The van der Waals surface area contributed by atoms with Gasteiger partial charge in [-0.1, -0.05) is 12.0 Å². The maximum Gasteiger partial charge on any atom is 0.417 e. The number of rotatable bonds is 7. The van der Waals surface area contributed by atoms with Gasteiger partial charge in [-0.05, 0) is 86.8 Å². The van der Waals surface area contributed by atoms with Crippen molar-refractivity contribution in [3.63, 3.8) is 0 Å². The normalized spacial score (nSPS) is 24.2. The van der Waals surface area contributed by atoms with Gasteiger partial charge in [-0.25, -0.2) is 17.6 Å². The van der Waals surface area contributed by atoms with Crippen LogP contribution >= 0.6 is 0 Å². The molecule has 5 fully saturated rings. The molecule has 3 aliphatic heterocycles. The van der Waals surface area contributed by atoms with Crippen LogP contribution in [-0.2, 0) is 6.18 Å². The van der Waals surface area contributed by atoms with Gasteiger partial charge in [-0.2, -0.15) is 23.1 Å². The summed E-state index contributed by atoms with van der Waals surface area (Å²) in [6.07, 6.45) is 4.72. The van der Waals surface area contributed by atoms with Crippen molar-refractivity contribution in [2.24, 2.45) is 10.8 Å². The minimum atomic E-state index is -5.09. The van der Waals surface area contributed by atoms with E-state index in [0.29, 0.717) is 45.6 Å². The first kappa shape index (κ1) is 34.4. The lowest BCUT2D eigenvalue weighted by atomic mass is 9.89. The lowest BCUT2D eigenvalue weighted by Crippen LogP contribution is -2.51. The molecule has 2 aliphatic carbocycles. The van der Waals surface area contributed by atoms with Crippen LogP contribution in [0.5, 0.6) is 11.8 Å². The number of nitrogens with one attached hydrogen (secondary N) is 1. The number of aromatic nitrogens is 2. The number of benzene rings is 3. The van der Waals surface area contributed by atoms with Crippen molar-refractivity contribution < 1.29 is 40.6 Å². The van der Waals surface area contributed by atoms with Crippen molar-refractivity contribution in [2.75, 3.05) is 44.2 Å². The molecule has 3 saturated heterocycles. The molecule has 2 N–H and O–H groups in total. The summed E-state index contributed by atoms with van der Waals surface area (Å²) in [5.41, 5.74) is -4.70. The molecule has 14 heteroatoms. The summed E-state index contributed by atoms with van der Waals surface area (Å²) >= 11 is 0. The number of ether oxygens (including phenoxy) is 1. The Hall–Kier alpha value is -4.35. The van der Waals surface area contributed by atoms with Gasteiger partial charge in [0.05, 0.1) is 17.7 Å². The summed E-state index contributed by atoms with van der Waals surface area (Å²) in [7, 11) is 0. The topological polar surface area (TPSA) is 73.8 Å². The minimum absolute atomic E-state index is 0.0509. The number of likely N-dealkylation sites (tertiary alicyclic amines) is 1. The van der Waals surface area contributed by atoms with Gasteiger partial charge in [0.15, 0.2) is 5.82 Å². The highest BCUT2D eigenvalue weighted by Crippen LogP contribution is 2.66. The van der Waals surface area contributed by atoms with Gasteiger partial charge < -0.3 is 25.0 Å². The SMILES string of the molecule is C#Cc1c(F)ccc2cc(O)cc(-c3c(C(F)(F)F)cc4c(N5CC6CCC(C5)N6)nc(OCC5(CN6CCC7(CC6)CC7(F)F)CC5)nc4c3F)c12. The smallest absolute Gasteiger partial charge is 0.417 e. The van der Waals surface area contributed by atoms with Crippen LogP contribution in [-0.4, -0.2) is 77.3 Å². The number of phenolic OH excluding ortho intramolecular Hbond substituents is 1. The molecule has 2 atom stereocenters.